The fraction of sp³-hybridized carbons (Fsp3) is 0.944. The van der Waals surface area contributed by atoms with E-state index in [9.17, 15) is 0 Å². The number of hydrogen-bond acceptors (Lipinski definition) is 3. The molecule has 0 saturated carbocycles. The maximum atomic E-state index is 4.73. The van der Waals surface area contributed by atoms with E-state index in [0.29, 0.717) is 12.1 Å². The highest BCUT2D eigenvalue weighted by atomic mass is 15.2. The van der Waals surface area contributed by atoms with Crippen molar-refractivity contribution in [2.24, 2.45) is 4.99 Å². The van der Waals surface area contributed by atoms with Gasteiger partial charge in [0.1, 0.15) is 0 Å². The van der Waals surface area contributed by atoms with Gasteiger partial charge in [0.2, 0.25) is 0 Å². The van der Waals surface area contributed by atoms with Crippen molar-refractivity contribution < 1.29 is 0 Å². The lowest BCUT2D eigenvalue weighted by molar-refractivity contribution is 0.178. The molecule has 0 unspecified atom stereocenters. The Morgan fingerprint density at radius 1 is 1.04 bits per heavy atom. The molecule has 1 rings (SSSR count). The molecule has 5 heteroatoms. The molecule has 0 aliphatic carbocycles. The number of piperidine rings is 1. The average molecular weight is 326 g/mol. The van der Waals surface area contributed by atoms with Crippen molar-refractivity contribution in [1.29, 1.82) is 0 Å². The summed E-state index contributed by atoms with van der Waals surface area (Å²) < 4.78 is 0. The molecule has 1 aliphatic heterocycles. The van der Waals surface area contributed by atoms with Crippen molar-refractivity contribution in [2.45, 2.75) is 66.0 Å². The number of likely N-dealkylation sites (tertiary alicyclic amines) is 1. The number of aliphatic imine (C=N–C) groups is 1. The standard InChI is InChI=1S/C18H39N5/c1-6-19-18(20-10-14-22-12-8-7-9-13-22)21-11-15-23(16(2)3)17(4)5/h16-17H,6-15H2,1-5H3,(H2,19,20,21). The molecular formula is C18H39N5. The van der Waals surface area contributed by atoms with E-state index in [1.807, 2.05) is 0 Å². The molecule has 0 bridgehead atoms. The summed E-state index contributed by atoms with van der Waals surface area (Å²) >= 11 is 0. The molecule has 0 aromatic rings. The first kappa shape index (κ1) is 20.2. The Morgan fingerprint density at radius 3 is 2.26 bits per heavy atom. The lowest BCUT2D eigenvalue weighted by atomic mass is 10.1. The van der Waals surface area contributed by atoms with Crippen molar-refractivity contribution in [3.63, 3.8) is 0 Å². The third kappa shape index (κ3) is 8.56. The first-order chi connectivity index (χ1) is 11.0. The first-order valence-electron chi connectivity index (χ1n) is 9.54. The summed E-state index contributed by atoms with van der Waals surface area (Å²) in [7, 11) is 0. The van der Waals surface area contributed by atoms with Crippen LogP contribution in [0.5, 0.6) is 0 Å². The Balaban J connectivity index is 2.33. The first-order valence-corrected chi connectivity index (χ1v) is 9.54. The minimum absolute atomic E-state index is 0.579. The molecule has 2 N–H and O–H groups in total. The molecule has 23 heavy (non-hydrogen) atoms. The summed E-state index contributed by atoms with van der Waals surface area (Å²) in [6.07, 6.45) is 4.09. The Bertz CT molecular complexity index is 313. The normalized spacial score (nSPS) is 17.3. The summed E-state index contributed by atoms with van der Waals surface area (Å²) in [5.74, 6) is 0.956. The lowest BCUT2D eigenvalue weighted by Crippen LogP contribution is -2.45. The molecule has 0 aromatic carbocycles. The van der Waals surface area contributed by atoms with Crippen LogP contribution in [-0.2, 0) is 0 Å². The Kier molecular flexibility index (Phi) is 10.3. The monoisotopic (exact) mass is 325 g/mol. The van der Waals surface area contributed by atoms with Crippen LogP contribution in [0.25, 0.3) is 0 Å². The van der Waals surface area contributed by atoms with Crippen LogP contribution in [0, 0.1) is 0 Å². The minimum atomic E-state index is 0.579. The van der Waals surface area contributed by atoms with Gasteiger partial charge in [0.05, 0.1) is 6.54 Å². The van der Waals surface area contributed by atoms with Gasteiger partial charge in [-0.05, 0) is 60.5 Å². The molecule has 136 valence electrons. The number of hydrogen-bond donors (Lipinski definition) is 2. The zero-order chi connectivity index (χ0) is 17.1. The SMILES string of the molecule is CCNC(=NCCN1CCCCC1)NCCN(C(C)C)C(C)C. The van der Waals surface area contributed by atoms with Gasteiger partial charge in [-0.15, -0.1) is 0 Å². The van der Waals surface area contributed by atoms with E-state index < -0.39 is 0 Å². The van der Waals surface area contributed by atoms with Gasteiger partial charge in [-0.25, -0.2) is 0 Å². The summed E-state index contributed by atoms with van der Waals surface area (Å²) in [6, 6.07) is 1.16. The maximum absolute atomic E-state index is 4.73. The quantitative estimate of drug-likeness (QED) is 0.503. The number of guanidine groups is 1. The molecule has 1 aliphatic rings. The van der Waals surface area contributed by atoms with E-state index in [-0.39, 0.29) is 0 Å². The second kappa shape index (κ2) is 11.7. The fourth-order valence-corrected chi connectivity index (χ4v) is 3.24. The van der Waals surface area contributed by atoms with E-state index in [2.05, 4.69) is 55.1 Å². The third-order valence-corrected chi connectivity index (χ3v) is 4.47. The molecule has 1 fully saturated rings. The Morgan fingerprint density at radius 2 is 1.70 bits per heavy atom. The third-order valence-electron chi connectivity index (χ3n) is 4.47. The molecule has 0 atom stereocenters. The number of rotatable bonds is 9. The topological polar surface area (TPSA) is 42.9 Å². The van der Waals surface area contributed by atoms with Crippen molar-refractivity contribution in [3.05, 3.63) is 0 Å². The number of nitrogens with one attached hydrogen (secondary N) is 2. The summed E-state index contributed by atoms with van der Waals surface area (Å²) in [5.41, 5.74) is 0. The highest BCUT2D eigenvalue weighted by Gasteiger charge is 2.13. The molecule has 1 saturated heterocycles. The van der Waals surface area contributed by atoms with Crippen molar-refractivity contribution in [3.8, 4) is 0 Å². The van der Waals surface area contributed by atoms with Gasteiger partial charge < -0.3 is 15.5 Å². The largest absolute Gasteiger partial charge is 0.357 e. The average Bonchev–Trinajstić information content (AvgIpc) is 2.51. The van der Waals surface area contributed by atoms with E-state index >= 15 is 0 Å². The maximum Gasteiger partial charge on any atom is 0.191 e. The highest BCUT2D eigenvalue weighted by Crippen LogP contribution is 2.07. The van der Waals surface area contributed by atoms with Gasteiger partial charge in [-0.1, -0.05) is 6.42 Å². The second-order valence-electron chi connectivity index (χ2n) is 7.02. The smallest absolute Gasteiger partial charge is 0.191 e. The van der Waals surface area contributed by atoms with Gasteiger partial charge in [0.25, 0.3) is 0 Å². The van der Waals surface area contributed by atoms with Crippen LogP contribution in [-0.4, -0.2) is 73.7 Å². The van der Waals surface area contributed by atoms with Crippen LogP contribution in [0.15, 0.2) is 4.99 Å². The van der Waals surface area contributed by atoms with Crippen LogP contribution in [0.4, 0.5) is 0 Å². The van der Waals surface area contributed by atoms with E-state index in [1.165, 1.54) is 32.4 Å². The zero-order valence-electron chi connectivity index (χ0n) is 16.1. The fourth-order valence-electron chi connectivity index (χ4n) is 3.24. The van der Waals surface area contributed by atoms with Crippen LogP contribution < -0.4 is 10.6 Å². The molecule has 0 aromatic heterocycles. The molecular weight excluding hydrogens is 286 g/mol. The van der Waals surface area contributed by atoms with E-state index in [1.54, 1.807) is 0 Å². The van der Waals surface area contributed by atoms with Crippen LogP contribution in [0.3, 0.4) is 0 Å². The van der Waals surface area contributed by atoms with Crippen molar-refractivity contribution in [1.82, 2.24) is 20.4 Å². The molecule has 0 amide bonds. The van der Waals surface area contributed by atoms with E-state index in [0.717, 1.165) is 38.7 Å². The van der Waals surface area contributed by atoms with Gasteiger partial charge in [-0.2, -0.15) is 0 Å². The van der Waals surface area contributed by atoms with Gasteiger partial charge in [0, 0.05) is 38.3 Å². The van der Waals surface area contributed by atoms with E-state index in [4.69, 9.17) is 4.99 Å². The van der Waals surface area contributed by atoms with Gasteiger partial charge >= 0.3 is 0 Å². The van der Waals surface area contributed by atoms with Crippen molar-refractivity contribution >= 4 is 5.96 Å². The predicted molar refractivity (Wildman–Crippen MR) is 101 cm³/mol. The number of nitrogens with zero attached hydrogens (tertiary/aromatic N) is 3. The van der Waals surface area contributed by atoms with Crippen molar-refractivity contribution in [2.75, 3.05) is 45.8 Å². The predicted octanol–water partition coefficient (Wildman–Crippen LogP) is 2.15. The summed E-state index contributed by atoms with van der Waals surface area (Å²) in [6.45, 7) is 18.5. The summed E-state index contributed by atoms with van der Waals surface area (Å²) in [4.78, 5) is 9.77. The molecule has 5 nitrogen and oxygen atoms in total. The van der Waals surface area contributed by atoms with Crippen LogP contribution in [0.1, 0.15) is 53.9 Å². The Hall–Kier alpha value is -0.810. The molecule has 1 heterocycles. The lowest BCUT2D eigenvalue weighted by Gasteiger charge is -2.30. The summed E-state index contributed by atoms with van der Waals surface area (Å²) in [5, 5.41) is 6.83. The van der Waals surface area contributed by atoms with Gasteiger partial charge in [0.15, 0.2) is 5.96 Å². The van der Waals surface area contributed by atoms with Crippen LogP contribution >= 0.6 is 0 Å². The van der Waals surface area contributed by atoms with Gasteiger partial charge in [-0.3, -0.25) is 9.89 Å². The second-order valence-corrected chi connectivity index (χ2v) is 7.02. The minimum Gasteiger partial charge on any atom is -0.357 e. The Labute approximate surface area is 143 Å². The zero-order valence-corrected chi connectivity index (χ0v) is 16.1. The van der Waals surface area contributed by atoms with Crippen LogP contribution in [0.2, 0.25) is 0 Å². The molecule has 0 spiro atoms. The molecule has 0 radical (unpaired) electrons. The highest BCUT2D eigenvalue weighted by molar-refractivity contribution is 5.79.